The summed E-state index contributed by atoms with van der Waals surface area (Å²) in [7, 11) is 1.27. The molecule has 0 atom stereocenters. The molecule has 0 aromatic heterocycles. The number of nitrogens with zero attached hydrogens (tertiary/aromatic N) is 1. The first-order valence-corrected chi connectivity index (χ1v) is 5.79. The van der Waals surface area contributed by atoms with Crippen LogP contribution in [0, 0.1) is 0 Å². The van der Waals surface area contributed by atoms with Crippen molar-refractivity contribution in [1.82, 2.24) is 4.90 Å². The Kier molecular flexibility index (Phi) is 3.38. The Morgan fingerprint density at radius 3 is 2.74 bits per heavy atom. The number of rotatable bonds is 3. The summed E-state index contributed by atoms with van der Waals surface area (Å²) >= 11 is 0. The lowest BCUT2D eigenvalue weighted by molar-refractivity contribution is -0.140. The Hall–Kier alpha value is -2.17. The number of halogens is 1. The van der Waals surface area contributed by atoms with Gasteiger partial charge in [0.2, 0.25) is 5.91 Å². The summed E-state index contributed by atoms with van der Waals surface area (Å²) in [6.45, 7) is 3.31. The highest BCUT2D eigenvalue weighted by Gasteiger charge is 2.46. The van der Waals surface area contributed by atoms with E-state index in [1.54, 1.807) is 18.2 Å². The average molecular weight is 263 g/mol. The number of hydrogen-bond donors (Lipinski definition) is 0. The van der Waals surface area contributed by atoms with Gasteiger partial charge in [-0.2, -0.15) is 0 Å². The molecular weight excluding hydrogens is 249 g/mol. The van der Waals surface area contributed by atoms with Gasteiger partial charge in [-0.1, -0.05) is 18.7 Å². The van der Waals surface area contributed by atoms with Crippen LogP contribution in [0.15, 0.2) is 36.9 Å². The fourth-order valence-electron chi connectivity index (χ4n) is 2.07. The monoisotopic (exact) mass is 263 g/mol. The molecule has 2 rings (SSSR count). The molecule has 0 aliphatic carbocycles. The molecule has 0 radical (unpaired) electrons. The number of amides is 1. The summed E-state index contributed by atoms with van der Waals surface area (Å²) in [4.78, 5) is 24.1. The molecule has 0 N–H and O–H groups in total. The minimum Gasteiger partial charge on any atom is -0.465 e. The molecule has 100 valence electrons. The number of ether oxygens (including phenoxy) is 1. The Bertz CT molecular complexity index is 535. The molecule has 0 bridgehead atoms. The maximum absolute atomic E-state index is 14.6. The van der Waals surface area contributed by atoms with Crippen LogP contribution in [0.2, 0.25) is 0 Å². The van der Waals surface area contributed by atoms with Crippen molar-refractivity contribution in [2.75, 3.05) is 20.2 Å². The van der Waals surface area contributed by atoms with E-state index in [0.29, 0.717) is 11.1 Å². The number of carbonyl (C=O) groups is 2. The highest BCUT2D eigenvalue weighted by atomic mass is 19.1. The van der Waals surface area contributed by atoms with Crippen LogP contribution in [0.4, 0.5) is 4.39 Å². The third-order valence-corrected chi connectivity index (χ3v) is 3.17. The first-order chi connectivity index (χ1) is 9.00. The van der Waals surface area contributed by atoms with Crippen molar-refractivity contribution >= 4 is 11.9 Å². The molecule has 1 aromatic carbocycles. The summed E-state index contributed by atoms with van der Waals surface area (Å²) in [5.41, 5.74) is -0.933. The first kappa shape index (κ1) is 13.3. The molecule has 0 saturated carbocycles. The highest BCUT2D eigenvalue weighted by Crippen LogP contribution is 2.36. The molecule has 0 unspecified atom stereocenters. The van der Waals surface area contributed by atoms with Crippen molar-refractivity contribution in [2.45, 2.75) is 5.67 Å². The first-order valence-electron chi connectivity index (χ1n) is 5.79. The van der Waals surface area contributed by atoms with Gasteiger partial charge in [0.15, 0.2) is 5.67 Å². The highest BCUT2D eigenvalue weighted by molar-refractivity contribution is 5.90. The lowest BCUT2D eigenvalue weighted by atomic mass is 9.87. The Balaban J connectivity index is 2.17. The smallest absolute Gasteiger partial charge is 0.337 e. The zero-order valence-corrected chi connectivity index (χ0v) is 10.6. The van der Waals surface area contributed by atoms with Crippen molar-refractivity contribution < 1.29 is 18.7 Å². The van der Waals surface area contributed by atoms with E-state index in [1.807, 2.05) is 0 Å². The Morgan fingerprint density at radius 1 is 1.47 bits per heavy atom. The molecule has 1 amide bonds. The fraction of sp³-hybridized carbons (Fsp3) is 0.286. The second kappa shape index (κ2) is 4.84. The normalized spacial score (nSPS) is 16.4. The van der Waals surface area contributed by atoms with Crippen molar-refractivity contribution in [3.05, 3.63) is 48.0 Å². The van der Waals surface area contributed by atoms with Gasteiger partial charge >= 0.3 is 5.97 Å². The van der Waals surface area contributed by atoms with Gasteiger partial charge in [0, 0.05) is 0 Å². The second-order valence-corrected chi connectivity index (χ2v) is 4.44. The fourth-order valence-corrected chi connectivity index (χ4v) is 2.07. The van der Waals surface area contributed by atoms with Crippen LogP contribution in [-0.2, 0) is 15.2 Å². The molecule has 1 fully saturated rings. The third-order valence-electron chi connectivity index (χ3n) is 3.17. The molecule has 5 heteroatoms. The van der Waals surface area contributed by atoms with E-state index < -0.39 is 11.6 Å². The molecular formula is C14H14FNO3. The molecule has 1 saturated heterocycles. The lowest BCUT2D eigenvalue weighted by Gasteiger charge is -2.44. The largest absolute Gasteiger partial charge is 0.465 e. The molecule has 0 spiro atoms. The van der Waals surface area contributed by atoms with Gasteiger partial charge in [-0.15, -0.1) is 0 Å². The van der Waals surface area contributed by atoms with Crippen LogP contribution in [-0.4, -0.2) is 37.0 Å². The number of carbonyl (C=O) groups excluding carboxylic acids is 2. The number of esters is 1. The van der Waals surface area contributed by atoms with E-state index in [2.05, 4.69) is 11.3 Å². The zero-order valence-electron chi connectivity index (χ0n) is 10.6. The second-order valence-electron chi connectivity index (χ2n) is 4.44. The van der Waals surface area contributed by atoms with E-state index >= 15 is 0 Å². The van der Waals surface area contributed by atoms with Crippen LogP contribution in [0.1, 0.15) is 15.9 Å². The summed E-state index contributed by atoms with van der Waals surface area (Å²) in [6, 6.07) is 6.22. The maximum atomic E-state index is 14.6. The Labute approximate surface area is 110 Å². The van der Waals surface area contributed by atoms with Gasteiger partial charge in [0.25, 0.3) is 0 Å². The van der Waals surface area contributed by atoms with Crippen LogP contribution in [0.3, 0.4) is 0 Å². The van der Waals surface area contributed by atoms with Gasteiger partial charge in [-0.25, -0.2) is 9.18 Å². The topological polar surface area (TPSA) is 46.6 Å². The van der Waals surface area contributed by atoms with E-state index in [1.165, 1.54) is 18.1 Å². The summed E-state index contributed by atoms with van der Waals surface area (Å²) in [5, 5.41) is 0. The standard InChI is InChI=1S/C14H14FNO3/c1-3-12(17)16-8-14(15,9-16)11-6-4-5-10(7-11)13(18)19-2/h3-7H,1,8-9H2,2H3. The maximum Gasteiger partial charge on any atom is 0.337 e. The molecule has 1 aromatic rings. The minimum atomic E-state index is -1.61. The van der Waals surface area contributed by atoms with Crippen molar-refractivity contribution in [3.63, 3.8) is 0 Å². The molecule has 1 aliphatic heterocycles. The van der Waals surface area contributed by atoms with Crippen molar-refractivity contribution in [1.29, 1.82) is 0 Å². The molecule has 19 heavy (non-hydrogen) atoms. The number of likely N-dealkylation sites (tertiary alicyclic amines) is 1. The van der Waals surface area contributed by atoms with Gasteiger partial charge in [-0.3, -0.25) is 4.79 Å². The summed E-state index contributed by atoms with van der Waals surface area (Å²) in [5.74, 6) is -0.804. The zero-order chi connectivity index (χ0) is 14.0. The van der Waals surface area contributed by atoms with Crippen LogP contribution in [0.25, 0.3) is 0 Å². The van der Waals surface area contributed by atoms with Gasteiger partial charge in [-0.05, 0) is 23.8 Å². The minimum absolute atomic E-state index is 0.0253. The predicted octanol–water partition coefficient (Wildman–Crippen LogP) is 1.67. The molecule has 1 heterocycles. The lowest BCUT2D eigenvalue weighted by Crippen LogP contribution is -2.58. The van der Waals surface area contributed by atoms with Crippen LogP contribution < -0.4 is 0 Å². The van der Waals surface area contributed by atoms with Crippen molar-refractivity contribution in [3.8, 4) is 0 Å². The van der Waals surface area contributed by atoms with Crippen LogP contribution in [0.5, 0.6) is 0 Å². The van der Waals surface area contributed by atoms with E-state index in [9.17, 15) is 14.0 Å². The predicted molar refractivity (Wildman–Crippen MR) is 67.3 cm³/mol. The molecule has 4 nitrogen and oxygen atoms in total. The third kappa shape index (κ3) is 2.36. The number of alkyl halides is 1. The quantitative estimate of drug-likeness (QED) is 0.615. The van der Waals surface area contributed by atoms with Crippen LogP contribution >= 0.6 is 0 Å². The van der Waals surface area contributed by atoms with Crippen molar-refractivity contribution in [2.24, 2.45) is 0 Å². The summed E-state index contributed by atoms with van der Waals surface area (Å²) < 4.78 is 19.1. The SMILES string of the molecule is C=CC(=O)N1CC(F)(c2cccc(C(=O)OC)c2)C1. The van der Waals surface area contributed by atoms with E-state index in [-0.39, 0.29) is 19.0 Å². The number of hydrogen-bond acceptors (Lipinski definition) is 3. The number of benzene rings is 1. The molecule has 1 aliphatic rings. The van der Waals surface area contributed by atoms with Gasteiger partial charge in [0.05, 0.1) is 25.8 Å². The van der Waals surface area contributed by atoms with E-state index in [0.717, 1.165) is 6.08 Å². The van der Waals surface area contributed by atoms with E-state index in [4.69, 9.17) is 0 Å². The Morgan fingerprint density at radius 2 is 2.16 bits per heavy atom. The van der Waals surface area contributed by atoms with Gasteiger partial charge in [0.1, 0.15) is 0 Å². The number of methoxy groups -OCH3 is 1. The summed E-state index contributed by atoms with van der Waals surface area (Å²) in [6.07, 6.45) is 1.16. The average Bonchev–Trinajstić information content (AvgIpc) is 2.42. The van der Waals surface area contributed by atoms with Gasteiger partial charge < -0.3 is 9.64 Å².